The molecule has 8 heteroatoms. The summed E-state index contributed by atoms with van der Waals surface area (Å²) in [6.45, 7) is 6.91. The minimum atomic E-state index is -0.662. The van der Waals surface area contributed by atoms with Gasteiger partial charge in [-0.2, -0.15) is 0 Å². The third-order valence-corrected chi connectivity index (χ3v) is 3.63. The number of nitrogens with zero attached hydrogens (tertiary/aromatic N) is 1. The van der Waals surface area contributed by atoms with E-state index in [-0.39, 0.29) is 18.1 Å². The van der Waals surface area contributed by atoms with Gasteiger partial charge in [0.05, 0.1) is 17.9 Å². The fraction of sp³-hybridized carbons (Fsp3) is 0.368. The lowest BCUT2D eigenvalue weighted by Gasteiger charge is -2.08. The van der Waals surface area contributed by atoms with Crippen LogP contribution in [0.2, 0.25) is 0 Å². The number of amides is 1. The molecule has 0 atom stereocenters. The molecule has 1 N–H and O–H groups in total. The molecule has 8 nitrogen and oxygen atoms in total. The van der Waals surface area contributed by atoms with E-state index < -0.39 is 24.5 Å². The van der Waals surface area contributed by atoms with Gasteiger partial charge < -0.3 is 19.3 Å². The molecule has 1 amide bonds. The van der Waals surface area contributed by atoms with E-state index >= 15 is 0 Å². The number of benzene rings is 1. The van der Waals surface area contributed by atoms with Crippen LogP contribution in [0.1, 0.15) is 58.9 Å². The van der Waals surface area contributed by atoms with Crippen LogP contribution in [0, 0.1) is 6.92 Å². The van der Waals surface area contributed by atoms with E-state index in [0.29, 0.717) is 22.7 Å². The van der Waals surface area contributed by atoms with Crippen molar-refractivity contribution >= 4 is 23.5 Å². The number of esters is 2. The topological polar surface area (TPSA) is 108 Å². The number of carbonyl (C=O) groups excluding carboxylic acids is 3. The van der Waals surface area contributed by atoms with Gasteiger partial charge >= 0.3 is 11.9 Å². The molecule has 2 aromatic rings. The van der Waals surface area contributed by atoms with E-state index in [1.54, 1.807) is 26.0 Å². The Kier molecular flexibility index (Phi) is 6.70. The molecule has 1 aromatic heterocycles. The molecule has 2 rings (SSSR count). The zero-order chi connectivity index (χ0) is 20.0. The molecule has 0 bridgehead atoms. The van der Waals surface area contributed by atoms with Crippen molar-refractivity contribution in [3.8, 4) is 0 Å². The minimum absolute atomic E-state index is 0.0412. The molecule has 1 heterocycles. The molecule has 0 saturated carbocycles. The van der Waals surface area contributed by atoms with Gasteiger partial charge in [0.2, 0.25) is 0 Å². The lowest BCUT2D eigenvalue weighted by atomic mass is 10.1. The fourth-order valence-electron chi connectivity index (χ4n) is 2.33. The summed E-state index contributed by atoms with van der Waals surface area (Å²) in [6, 6.07) is 6.20. The van der Waals surface area contributed by atoms with Crippen molar-refractivity contribution in [1.82, 2.24) is 5.16 Å². The van der Waals surface area contributed by atoms with Gasteiger partial charge in [0.1, 0.15) is 5.56 Å². The van der Waals surface area contributed by atoms with Crippen LogP contribution in [0.15, 0.2) is 28.8 Å². The van der Waals surface area contributed by atoms with E-state index in [1.165, 1.54) is 12.1 Å². The van der Waals surface area contributed by atoms with Crippen molar-refractivity contribution in [3.05, 3.63) is 46.8 Å². The summed E-state index contributed by atoms with van der Waals surface area (Å²) in [5, 5.41) is 6.36. The number of rotatable bonds is 7. The summed E-state index contributed by atoms with van der Waals surface area (Å²) >= 11 is 0. The Bertz CT molecular complexity index is 823. The Morgan fingerprint density at radius 2 is 1.78 bits per heavy atom. The standard InChI is InChI=1S/C19H22N2O6/c1-5-25-18(23)13-6-8-14(9-7-13)20-15(22)10-26-19(24)16-12(4)21-27-17(16)11(2)3/h6-9,11H,5,10H2,1-4H3,(H,20,22). The predicted molar refractivity (Wildman–Crippen MR) is 96.6 cm³/mol. The number of aryl methyl sites for hydroxylation is 1. The van der Waals surface area contributed by atoms with Crippen LogP contribution in [0.5, 0.6) is 0 Å². The van der Waals surface area contributed by atoms with Crippen LogP contribution < -0.4 is 5.32 Å². The molecule has 0 aliphatic carbocycles. The van der Waals surface area contributed by atoms with E-state index in [9.17, 15) is 14.4 Å². The molecule has 0 radical (unpaired) electrons. The second kappa shape index (κ2) is 8.98. The number of hydrogen-bond donors (Lipinski definition) is 1. The maximum absolute atomic E-state index is 12.2. The average Bonchev–Trinajstić information content (AvgIpc) is 3.02. The van der Waals surface area contributed by atoms with Gasteiger partial charge in [-0.15, -0.1) is 0 Å². The van der Waals surface area contributed by atoms with Gasteiger partial charge in [-0.3, -0.25) is 4.79 Å². The lowest BCUT2D eigenvalue weighted by Crippen LogP contribution is -2.21. The maximum Gasteiger partial charge on any atom is 0.344 e. The van der Waals surface area contributed by atoms with E-state index in [0.717, 1.165) is 0 Å². The SMILES string of the molecule is CCOC(=O)c1ccc(NC(=O)COC(=O)c2c(C)noc2C(C)C)cc1. The molecule has 144 valence electrons. The Morgan fingerprint density at radius 3 is 2.37 bits per heavy atom. The summed E-state index contributed by atoms with van der Waals surface area (Å²) in [6.07, 6.45) is 0. The third kappa shape index (κ3) is 5.16. The minimum Gasteiger partial charge on any atom is -0.462 e. The van der Waals surface area contributed by atoms with Gasteiger partial charge in [0.15, 0.2) is 12.4 Å². The van der Waals surface area contributed by atoms with Gasteiger partial charge in [-0.05, 0) is 38.1 Å². The Hall–Kier alpha value is -3.16. The Balaban J connectivity index is 1.92. The number of aromatic nitrogens is 1. The largest absolute Gasteiger partial charge is 0.462 e. The monoisotopic (exact) mass is 374 g/mol. The molecule has 0 fully saturated rings. The summed E-state index contributed by atoms with van der Waals surface area (Å²) in [7, 11) is 0. The Labute approximate surface area is 156 Å². The van der Waals surface area contributed by atoms with E-state index in [2.05, 4.69) is 10.5 Å². The molecular weight excluding hydrogens is 352 g/mol. The number of anilines is 1. The first kappa shape index (κ1) is 20.2. The maximum atomic E-state index is 12.2. The highest BCUT2D eigenvalue weighted by atomic mass is 16.5. The molecule has 0 aliphatic rings. The first-order valence-electron chi connectivity index (χ1n) is 8.53. The van der Waals surface area contributed by atoms with E-state index in [4.69, 9.17) is 14.0 Å². The highest BCUT2D eigenvalue weighted by Gasteiger charge is 2.24. The second-order valence-corrected chi connectivity index (χ2v) is 6.08. The fourth-order valence-corrected chi connectivity index (χ4v) is 2.33. The van der Waals surface area contributed by atoms with Crippen LogP contribution in [-0.2, 0) is 14.3 Å². The summed E-state index contributed by atoms with van der Waals surface area (Å²) < 4.78 is 15.1. The second-order valence-electron chi connectivity index (χ2n) is 6.08. The molecule has 0 unspecified atom stereocenters. The van der Waals surface area contributed by atoms with Gasteiger partial charge in [-0.25, -0.2) is 9.59 Å². The molecule has 27 heavy (non-hydrogen) atoms. The zero-order valence-electron chi connectivity index (χ0n) is 15.7. The third-order valence-electron chi connectivity index (χ3n) is 3.63. The van der Waals surface area contributed by atoms with Crippen LogP contribution >= 0.6 is 0 Å². The van der Waals surface area contributed by atoms with E-state index in [1.807, 2.05) is 13.8 Å². The first-order valence-corrected chi connectivity index (χ1v) is 8.53. The molecule has 0 saturated heterocycles. The summed E-state index contributed by atoms with van der Waals surface area (Å²) in [5.41, 5.74) is 1.51. The van der Waals surface area contributed by atoms with Gasteiger partial charge in [-0.1, -0.05) is 19.0 Å². The van der Waals surface area contributed by atoms with Crippen molar-refractivity contribution < 1.29 is 28.4 Å². The molecule has 0 spiro atoms. The summed E-state index contributed by atoms with van der Waals surface area (Å²) in [4.78, 5) is 35.8. The molecule has 0 aliphatic heterocycles. The summed E-state index contributed by atoms with van der Waals surface area (Å²) in [5.74, 6) is -1.22. The quantitative estimate of drug-likeness (QED) is 0.742. The van der Waals surface area contributed by atoms with Crippen LogP contribution in [0.3, 0.4) is 0 Å². The van der Waals surface area contributed by atoms with Crippen molar-refractivity contribution in [3.63, 3.8) is 0 Å². The highest BCUT2D eigenvalue weighted by Crippen LogP contribution is 2.23. The smallest absolute Gasteiger partial charge is 0.344 e. The Morgan fingerprint density at radius 1 is 1.11 bits per heavy atom. The van der Waals surface area contributed by atoms with Crippen molar-refractivity contribution in [2.24, 2.45) is 0 Å². The zero-order valence-corrected chi connectivity index (χ0v) is 15.7. The first-order chi connectivity index (χ1) is 12.8. The van der Waals surface area contributed by atoms with Crippen molar-refractivity contribution in [1.29, 1.82) is 0 Å². The van der Waals surface area contributed by atoms with Crippen LogP contribution in [-0.4, -0.2) is 36.2 Å². The van der Waals surface area contributed by atoms with Crippen molar-refractivity contribution in [2.45, 2.75) is 33.6 Å². The number of nitrogens with one attached hydrogen (secondary N) is 1. The molecule has 1 aromatic carbocycles. The van der Waals surface area contributed by atoms with Gasteiger partial charge in [0.25, 0.3) is 5.91 Å². The van der Waals surface area contributed by atoms with Crippen molar-refractivity contribution in [2.75, 3.05) is 18.5 Å². The average molecular weight is 374 g/mol. The lowest BCUT2D eigenvalue weighted by molar-refractivity contribution is -0.119. The number of ether oxygens (including phenoxy) is 2. The number of carbonyl (C=O) groups is 3. The highest BCUT2D eigenvalue weighted by molar-refractivity contribution is 5.97. The van der Waals surface area contributed by atoms with Crippen LogP contribution in [0.25, 0.3) is 0 Å². The number of hydrogen-bond acceptors (Lipinski definition) is 7. The normalized spacial score (nSPS) is 10.6. The molecular formula is C19H22N2O6. The van der Waals surface area contributed by atoms with Crippen LogP contribution in [0.4, 0.5) is 5.69 Å². The van der Waals surface area contributed by atoms with Gasteiger partial charge in [0, 0.05) is 11.6 Å². The predicted octanol–water partition coefficient (Wildman–Crippen LogP) is 3.08.